The number of benzene rings is 5. The first-order chi connectivity index (χ1) is 19.9. The largest absolute Gasteiger partial charge is 0.478 e. The van der Waals surface area contributed by atoms with Crippen molar-refractivity contribution in [2.75, 3.05) is 56.4 Å². The van der Waals surface area contributed by atoms with Crippen LogP contribution in [0.25, 0.3) is 43.1 Å². The Labute approximate surface area is 243 Å². The van der Waals surface area contributed by atoms with Gasteiger partial charge in [0.05, 0.1) is 11.1 Å². The number of rotatable bonds is 4. The number of nitrogens with zero attached hydrogens (tertiary/aromatic N) is 2. The third kappa shape index (κ3) is 5.41. The Balaban J connectivity index is 0.000000745. The minimum absolute atomic E-state index is 0.00190. The van der Waals surface area contributed by atoms with Gasteiger partial charge in [-0.25, -0.2) is 9.59 Å². The molecule has 10 heteroatoms. The van der Waals surface area contributed by atoms with Crippen LogP contribution in [0.3, 0.4) is 0 Å². The van der Waals surface area contributed by atoms with Gasteiger partial charge in [-0.2, -0.15) is 0 Å². The van der Waals surface area contributed by atoms with Gasteiger partial charge in [-0.15, -0.1) is 0 Å². The molecule has 4 N–H and O–H groups in total. The van der Waals surface area contributed by atoms with E-state index in [0.717, 1.165) is 0 Å². The van der Waals surface area contributed by atoms with Crippen molar-refractivity contribution < 1.29 is 29.4 Å². The lowest BCUT2D eigenvalue weighted by atomic mass is 9.84. The second-order valence-corrected chi connectivity index (χ2v) is 10.2. The zero-order valence-electron chi connectivity index (χ0n) is 25.0. The van der Waals surface area contributed by atoms with Crippen molar-refractivity contribution in [3.05, 3.63) is 70.8 Å². The number of carbonyl (C=O) groups is 4. The Bertz CT molecular complexity index is 1670. The Morgan fingerprint density at radius 1 is 0.476 bits per heavy atom. The zero-order chi connectivity index (χ0) is 31.5. The maximum Gasteiger partial charge on any atom is 0.336 e. The SMILES string of the molecule is CN(C)C(=O)c1ccc2c3ccc(C(=O)O)c4c(C(=O)N(C)C)ccc(c5ccc(C(=O)O)c1c52)c43.CNC.CNC. The third-order valence-corrected chi connectivity index (χ3v) is 6.64. The number of hydrogen-bond acceptors (Lipinski definition) is 6. The van der Waals surface area contributed by atoms with Gasteiger partial charge in [0, 0.05) is 50.1 Å². The Morgan fingerprint density at radius 2 is 0.714 bits per heavy atom. The van der Waals surface area contributed by atoms with Gasteiger partial charge in [-0.1, -0.05) is 24.3 Å². The highest BCUT2D eigenvalue weighted by Gasteiger charge is 2.26. The van der Waals surface area contributed by atoms with Crippen LogP contribution in [-0.2, 0) is 0 Å². The molecule has 10 nitrogen and oxygen atoms in total. The number of carboxylic acids is 2. The van der Waals surface area contributed by atoms with Crippen molar-refractivity contribution in [3.8, 4) is 0 Å². The smallest absolute Gasteiger partial charge is 0.336 e. The van der Waals surface area contributed by atoms with Crippen molar-refractivity contribution in [1.29, 1.82) is 0 Å². The summed E-state index contributed by atoms with van der Waals surface area (Å²) in [7, 11) is 13.9. The lowest BCUT2D eigenvalue weighted by Gasteiger charge is -2.21. The predicted octanol–water partition coefficient (Wildman–Crippen LogP) is 4.21. The van der Waals surface area contributed by atoms with Crippen LogP contribution < -0.4 is 10.6 Å². The first-order valence-electron chi connectivity index (χ1n) is 13.1. The third-order valence-electron chi connectivity index (χ3n) is 6.64. The van der Waals surface area contributed by atoms with Gasteiger partial charge < -0.3 is 30.6 Å². The molecule has 220 valence electrons. The molecule has 0 atom stereocenters. The molecule has 2 amide bonds. The molecule has 0 aromatic heterocycles. The second kappa shape index (κ2) is 12.8. The number of hydrogen-bond donors (Lipinski definition) is 4. The second-order valence-electron chi connectivity index (χ2n) is 10.2. The number of nitrogens with one attached hydrogen (secondary N) is 2. The normalized spacial score (nSPS) is 10.7. The van der Waals surface area contributed by atoms with Crippen LogP contribution in [0.15, 0.2) is 48.5 Å². The molecule has 0 saturated carbocycles. The molecule has 0 saturated heterocycles. The fraction of sp³-hybridized carbons (Fsp3) is 0.250. The molecule has 0 spiro atoms. The highest BCUT2D eigenvalue weighted by Crippen LogP contribution is 2.44. The van der Waals surface area contributed by atoms with Gasteiger partial charge >= 0.3 is 11.9 Å². The maximum atomic E-state index is 13.0. The number of fused-ring (bicyclic) bond motifs is 2. The topological polar surface area (TPSA) is 139 Å². The lowest BCUT2D eigenvalue weighted by Crippen LogP contribution is -2.22. The van der Waals surface area contributed by atoms with Crippen LogP contribution >= 0.6 is 0 Å². The van der Waals surface area contributed by atoms with Crippen LogP contribution in [0, 0.1) is 0 Å². The molecule has 5 rings (SSSR count). The molecule has 5 aromatic rings. The van der Waals surface area contributed by atoms with E-state index in [0.29, 0.717) is 43.1 Å². The summed E-state index contributed by atoms with van der Waals surface area (Å²) in [5.74, 6) is -2.97. The molecule has 0 aliphatic carbocycles. The molecule has 0 fully saturated rings. The van der Waals surface area contributed by atoms with E-state index in [2.05, 4.69) is 10.6 Å². The number of aromatic carboxylic acids is 2. The average molecular weight is 573 g/mol. The summed E-state index contributed by atoms with van der Waals surface area (Å²) in [6, 6.07) is 13.0. The molecule has 0 heterocycles. The summed E-state index contributed by atoms with van der Waals surface area (Å²) in [6.45, 7) is 0. The Morgan fingerprint density at radius 3 is 0.929 bits per heavy atom. The monoisotopic (exact) mass is 572 g/mol. The molecular formula is C32H36N4O6. The van der Waals surface area contributed by atoms with E-state index in [-0.39, 0.29) is 34.1 Å². The Hall–Kier alpha value is -4.80. The summed E-state index contributed by atoms with van der Waals surface area (Å²) in [6.07, 6.45) is 0. The molecule has 0 aliphatic heterocycles. The van der Waals surface area contributed by atoms with E-state index < -0.39 is 11.9 Å². The van der Waals surface area contributed by atoms with E-state index in [1.54, 1.807) is 64.6 Å². The minimum Gasteiger partial charge on any atom is -0.478 e. The van der Waals surface area contributed by atoms with Crippen molar-refractivity contribution in [2.24, 2.45) is 0 Å². The summed E-state index contributed by atoms with van der Waals surface area (Å²) in [5, 5.41) is 30.0. The van der Waals surface area contributed by atoms with Crippen LogP contribution in [0.1, 0.15) is 41.4 Å². The first-order valence-corrected chi connectivity index (χ1v) is 13.1. The average Bonchev–Trinajstić information content (AvgIpc) is 2.94. The van der Waals surface area contributed by atoms with Gasteiger partial charge in [-0.05, 0) is 84.8 Å². The molecule has 5 aromatic carbocycles. The number of carboxylic acid groups (broad SMARTS) is 2. The van der Waals surface area contributed by atoms with Gasteiger partial charge in [0.25, 0.3) is 11.8 Å². The fourth-order valence-corrected chi connectivity index (χ4v) is 5.08. The van der Waals surface area contributed by atoms with Gasteiger partial charge in [0.2, 0.25) is 0 Å². The summed E-state index contributed by atoms with van der Waals surface area (Å²) < 4.78 is 0. The van der Waals surface area contributed by atoms with E-state index >= 15 is 0 Å². The van der Waals surface area contributed by atoms with Crippen molar-refractivity contribution in [1.82, 2.24) is 20.4 Å². The minimum atomic E-state index is -1.16. The van der Waals surface area contributed by atoms with Crippen LogP contribution in [-0.4, -0.2) is 100 Å². The molecule has 0 bridgehead atoms. The predicted molar refractivity (Wildman–Crippen MR) is 168 cm³/mol. The van der Waals surface area contributed by atoms with E-state index in [1.807, 2.05) is 28.2 Å². The summed E-state index contributed by atoms with van der Waals surface area (Å²) >= 11 is 0. The van der Waals surface area contributed by atoms with Crippen molar-refractivity contribution >= 4 is 66.8 Å². The van der Waals surface area contributed by atoms with Crippen LogP contribution in [0.4, 0.5) is 0 Å². The summed E-state index contributed by atoms with van der Waals surface area (Å²) in [4.78, 5) is 53.2. The van der Waals surface area contributed by atoms with E-state index in [9.17, 15) is 29.4 Å². The van der Waals surface area contributed by atoms with E-state index in [4.69, 9.17) is 0 Å². The molecular weight excluding hydrogens is 536 g/mol. The van der Waals surface area contributed by atoms with Gasteiger partial charge in [0.1, 0.15) is 0 Å². The van der Waals surface area contributed by atoms with Crippen molar-refractivity contribution in [3.63, 3.8) is 0 Å². The van der Waals surface area contributed by atoms with Crippen LogP contribution in [0.2, 0.25) is 0 Å². The quantitative estimate of drug-likeness (QED) is 0.186. The lowest BCUT2D eigenvalue weighted by molar-refractivity contribution is 0.0688. The van der Waals surface area contributed by atoms with E-state index in [1.165, 1.54) is 21.9 Å². The highest BCUT2D eigenvalue weighted by atomic mass is 16.4. The maximum absolute atomic E-state index is 13.0. The molecule has 42 heavy (non-hydrogen) atoms. The fourth-order valence-electron chi connectivity index (χ4n) is 5.08. The van der Waals surface area contributed by atoms with Gasteiger partial charge in [0.15, 0.2) is 0 Å². The Kier molecular flexibility index (Phi) is 9.67. The molecule has 0 aliphatic rings. The standard InChI is InChI=1S/C28H22N2O6.2C2H7N/c1-29(2)25(31)17-9-5-13-16-8-12-20(28(35)36)24-18(26(32)30(3)4)10-6-14(22(16)24)15-7-11-19(27(33)34)23(17)21(13)15;2*1-3-2/h5-12H,1-4H3,(H,33,34)(H,35,36);2*3H,1-2H3. The van der Waals surface area contributed by atoms with Crippen molar-refractivity contribution in [2.45, 2.75) is 0 Å². The number of amides is 2. The number of carbonyl (C=O) groups excluding carboxylic acids is 2. The van der Waals surface area contributed by atoms with Gasteiger partial charge in [-0.3, -0.25) is 9.59 Å². The first kappa shape index (κ1) is 31.7. The zero-order valence-corrected chi connectivity index (χ0v) is 25.0. The van der Waals surface area contributed by atoms with Crippen LogP contribution in [0.5, 0.6) is 0 Å². The molecule has 0 radical (unpaired) electrons. The molecule has 0 unspecified atom stereocenters. The summed E-state index contributed by atoms with van der Waals surface area (Å²) in [5.41, 5.74) is 0.530. The highest BCUT2D eigenvalue weighted by molar-refractivity contribution is 6.38.